The molecular weight excluding hydrogens is 337 g/mol. The van der Waals surface area contributed by atoms with Crippen molar-refractivity contribution < 1.29 is 0 Å². The van der Waals surface area contributed by atoms with Gasteiger partial charge in [-0.3, -0.25) is 0 Å². The lowest BCUT2D eigenvalue weighted by Crippen LogP contribution is -2.00. The first-order valence-electron chi connectivity index (χ1n) is 5.19. The lowest BCUT2D eigenvalue weighted by Gasteiger charge is -2.13. The second-order valence-electron chi connectivity index (χ2n) is 3.88. The van der Waals surface area contributed by atoms with Crippen molar-refractivity contribution in [3.8, 4) is 0 Å². The Morgan fingerprint density at radius 3 is 2.39 bits per heavy atom. The van der Waals surface area contributed by atoms with E-state index in [4.69, 9.17) is 23.2 Å². The lowest BCUT2D eigenvalue weighted by atomic mass is 10.1. The Morgan fingerprint density at radius 1 is 1.17 bits per heavy atom. The summed E-state index contributed by atoms with van der Waals surface area (Å²) in [5.74, 6) is 0.505. The summed E-state index contributed by atoms with van der Waals surface area (Å²) in [6.45, 7) is 4.02. The highest BCUT2D eigenvalue weighted by Crippen LogP contribution is 2.30. The molecule has 0 amide bonds. The van der Waals surface area contributed by atoms with E-state index >= 15 is 0 Å². The predicted octanol–water partition coefficient (Wildman–Crippen LogP) is 4.91. The average Bonchev–Trinajstić information content (AvgIpc) is 2.28. The molecule has 1 N–H and O–H groups in total. The number of hydrogen-bond acceptors (Lipinski definition) is 3. The zero-order chi connectivity index (χ0) is 13.3. The highest BCUT2D eigenvalue weighted by molar-refractivity contribution is 9.10. The topological polar surface area (TPSA) is 37.8 Å². The van der Waals surface area contributed by atoms with Gasteiger partial charge in [0, 0.05) is 10.2 Å². The van der Waals surface area contributed by atoms with E-state index in [0.29, 0.717) is 10.8 Å². The first-order valence-corrected chi connectivity index (χ1v) is 6.74. The van der Waals surface area contributed by atoms with Crippen LogP contribution in [-0.2, 0) is 0 Å². The number of rotatable bonds is 2. The molecule has 0 fully saturated rings. The maximum absolute atomic E-state index is 6.03. The number of nitrogens with zero attached hydrogens (tertiary/aromatic N) is 2. The third kappa shape index (κ3) is 2.94. The van der Waals surface area contributed by atoms with Crippen molar-refractivity contribution in [2.75, 3.05) is 5.32 Å². The maximum Gasteiger partial charge on any atom is 0.224 e. The van der Waals surface area contributed by atoms with Crippen molar-refractivity contribution in [1.82, 2.24) is 9.97 Å². The number of nitrogens with one attached hydrogen (secondary N) is 1. The van der Waals surface area contributed by atoms with Gasteiger partial charge in [0.15, 0.2) is 5.82 Å². The summed E-state index contributed by atoms with van der Waals surface area (Å²) in [6, 6.07) is 4.04. The minimum atomic E-state index is 0.161. The molecule has 94 valence electrons. The molecule has 0 aliphatic carbocycles. The van der Waals surface area contributed by atoms with E-state index in [-0.39, 0.29) is 5.28 Å². The molecule has 6 heteroatoms. The Kier molecular flexibility index (Phi) is 4.10. The van der Waals surface area contributed by atoms with E-state index in [2.05, 4.69) is 31.2 Å². The van der Waals surface area contributed by atoms with Crippen LogP contribution >= 0.6 is 39.1 Å². The zero-order valence-corrected chi connectivity index (χ0v) is 12.9. The standard InChI is InChI=1S/C12H10BrCl2N3/c1-6-3-8(13)4-7(2)10(6)17-11-9(14)5-16-12(15)18-11/h3-5H,1-2H3,(H,16,17,18). The van der Waals surface area contributed by atoms with E-state index in [0.717, 1.165) is 21.3 Å². The second-order valence-corrected chi connectivity index (χ2v) is 5.54. The van der Waals surface area contributed by atoms with Crippen LogP contribution in [-0.4, -0.2) is 9.97 Å². The predicted molar refractivity (Wildman–Crippen MR) is 79.0 cm³/mol. The van der Waals surface area contributed by atoms with E-state index in [1.54, 1.807) is 0 Å². The van der Waals surface area contributed by atoms with Crippen molar-refractivity contribution in [3.05, 3.63) is 44.2 Å². The van der Waals surface area contributed by atoms with Crippen LogP contribution in [0.3, 0.4) is 0 Å². The molecule has 0 bridgehead atoms. The molecule has 2 rings (SSSR count). The molecule has 0 aliphatic rings. The Balaban J connectivity index is 2.43. The number of hydrogen-bond donors (Lipinski definition) is 1. The fourth-order valence-electron chi connectivity index (χ4n) is 1.66. The van der Waals surface area contributed by atoms with Gasteiger partial charge >= 0.3 is 0 Å². The fraction of sp³-hybridized carbons (Fsp3) is 0.167. The highest BCUT2D eigenvalue weighted by Gasteiger charge is 2.09. The quantitative estimate of drug-likeness (QED) is 0.785. The normalized spacial score (nSPS) is 10.5. The molecule has 18 heavy (non-hydrogen) atoms. The second kappa shape index (κ2) is 5.43. The molecule has 0 unspecified atom stereocenters. The monoisotopic (exact) mass is 345 g/mol. The highest BCUT2D eigenvalue weighted by atomic mass is 79.9. The molecule has 0 atom stereocenters. The number of aromatic nitrogens is 2. The van der Waals surface area contributed by atoms with Crippen LogP contribution < -0.4 is 5.32 Å². The number of aryl methyl sites for hydroxylation is 2. The third-order valence-corrected chi connectivity index (χ3v) is 3.37. The smallest absolute Gasteiger partial charge is 0.224 e. The molecule has 0 radical (unpaired) electrons. The van der Waals surface area contributed by atoms with E-state index < -0.39 is 0 Å². The lowest BCUT2D eigenvalue weighted by molar-refractivity contribution is 1.16. The SMILES string of the molecule is Cc1cc(Br)cc(C)c1Nc1nc(Cl)ncc1Cl. The van der Waals surface area contributed by atoms with Crippen molar-refractivity contribution in [2.24, 2.45) is 0 Å². The molecule has 0 spiro atoms. The molecule has 0 saturated heterocycles. The number of halogens is 3. The van der Waals surface area contributed by atoms with Crippen molar-refractivity contribution >= 4 is 50.6 Å². The Bertz CT molecular complexity index is 579. The zero-order valence-electron chi connectivity index (χ0n) is 9.76. The van der Waals surface area contributed by atoms with Gasteiger partial charge in [0.1, 0.15) is 5.02 Å². The van der Waals surface area contributed by atoms with Crippen molar-refractivity contribution in [3.63, 3.8) is 0 Å². The Labute approximate surface area is 124 Å². The van der Waals surface area contributed by atoms with Gasteiger partial charge in [0.25, 0.3) is 0 Å². The Hall–Kier alpha value is -0.840. The summed E-state index contributed by atoms with van der Waals surface area (Å²) in [7, 11) is 0. The van der Waals surface area contributed by atoms with E-state index in [1.165, 1.54) is 6.20 Å². The van der Waals surface area contributed by atoms with Gasteiger partial charge in [-0.15, -0.1) is 0 Å². The first-order chi connectivity index (χ1) is 8.47. The minimum absolute atomic E-state index is 0.161. The van der Waals surface area contributed by atoms with Crippen LogP contribution in [0.5, 0.6) is 0 Å². The molecule has 0 aliphatic heterocycles. The van der Waals surface area contributed by atoms with Crippen LogP contribution in [0.1, 0.15) is 11.1 Å². The largest absolute Gasteiger partial charge is 0.338 e. The van der Waals surface area contributed by atoms with Crippen molar-refractivity contribution in [2.45, 2.75) is 13.8 Å². The van der Waals surface area contributed by atoms with Crippen LogP contribution in [0.4, 0.5) is 11.5 Å². The van der Waals surface area contributed by atoms with E-state index in [9.17, 15) is 0 Å². The molecule has 1 aromatic carbocycles. The Morgan fingerprint density at radius 2 is 1.78 bits per heavy atom. The van der Waals surface area contributed by atoms with Gasteiger partial charge in [-0.25, -0.2) is 4.98 Å². The molecular formula is C12H10BrCl2N3. The van der Waals surface area contributed by atoms with Gasteiger partial charge < -0.3 is 5.32 Å². The van der Waals surface area contributed by atoms with Crippen LogP contribution in [0.25, 0.3) is 0 Å². The van der Waals surface area contributed by atoms with Gasteiger partial charge in [-0.05, 0) is 48.7 Å². The fourth-order valence-corrected chi connectivity index (χ4v) is 2.62. The summed E-state index contributed by atoms with van der Waals surface area (Å²) >= 11 is 15.2. The third-order valence-electron chi connectivity index (χ3n) is 2.46. The summed E-state index contributed by atoms with van der Waals surface area (Å²) in [5, 5.41) is 3.78. The van der Waals surface area contributed by atoms with Crippen LogP contribution in [0.15, 0.2) is 22.8 Å². The van der Waals surface area contributed by atoms with E-state index in [1.807, 2.05) is 26.0 Å². The van der Waals surface area contributed by atoms with Gasteiger partial charge in [-0.2, -0.15) is 4.98 Å². The molecule has 3 nitrogen and oxygen atoms in total. The molecule has 1 aromatic heterocycles. The number of benzene rings is 1. The van der Waals surface area contributed by atoms with Crippen LogP contribution in [0.2, 0.25) is 10.3 Å². The van der Waals surface area contributed by atoms with Gasteiger partial charge in [-0.1, -0.05) is 27.5 Å². The average molecular weight is 347 g/mol. The summed E-state index contributed by atoms with van der Waals surface area (Å²) in [4.78, 5) is 7.89. The minimum Gasteiger partial charge on any atom is -0.338 e. The molecule has 1 heterocycles. The molecule has 2 aromatic rings. The van der Waals surface area contributed by atoms with Gasteiger partial charge in [0.05, 0.1) is 6.20 Å². The summed E-state index contributed by atoms with van der Waals surface area (Å²) in [6.07, 6.45) is 1.47. The first kappa shape index (κ1) is 13.6. The van der Waals surface area contributed by atoms with Crippen LogP contribution in [0, 0.1) is 13.8 Å². The number of anilines is 2. The molecule has 0 saturated carbocycles. The summed E-state index contributed by atoms with van der Waals surface area (Å²) in [5.41, 5.74) is 3.15. The van der Waals surface area contributed by atoms with Crippen molar-refractivity contribution in [1.29, 1.82) is 0 Å². The summed E-state index contributed by atoms with van der Waals surface area (Å²) < 4.78 is 1.04. The maximum atomic E-state index is 6.03. The van der Waals surface area contributed by atoms with Gasteiger partial charge in [0.2, 0.25) is 5.28 Å².